The predicted molar refractivity (Wildman–Crippen MR) is 56.8 cm³/mol. The number of halogens is 2. The molecule has 1 heterocycles. The van der Waals surface area contributed by atoms with Gasteiger partial charge in [0.05, 0.1) is 24.7 Å². The van der Waals surface area contributed by atoms with Crippen molar-refractivity contribution in [3.8, 4) is 0 Å². The number of carbonyl (C=O) groups excluding carboxylic acids is 1. The van der Waals surface area contributed by atoms with E-state index in [1.165, 1.54) is 0 Å². The van der Waals surface area contributed by atoms with Gasteiger partial charge in [0.1, 0.15) is 6.10 Å². The van der Waals surface area contributed by atoms with Crippen molar-refractivity contribution in [1.82, 2.24) is 4.98 Å². The lowest BCUT2D eigenvalue weighted by Crippen LogP contribution is -2.22. The van der Waals surface area contributed by atoms with Gasteiger partial charge in [0.25, 0.3) is 0 Å². The molecule has 0 spiro atoms. The summed E-state index contributed by atoms with van der Waals surface area (Å²) in [5.41, 5.74) is 0.118. The van der Waals surface area contributed by atoms with Crippen molar-refractivity contribution < 1.29 is 24.1 Å². The smallest absolute Gasteiger partial charge is 0.308 e. The average Bonchev–Trinajstić information content (AvgIpc) is 2.31. The van der Waals surface area contributed by atoms with Crippen molar-refractivity contribution in [2.24, 2.45) is 0 Å². The second-order valence-corrected chi connectivity index (χ2v) is 3.74. The Labute approximate surface area is 102 Å². The maximum Gasteiger partial charge on any atom is 0.308 e. The summed E-state index contributed by atoms with van der Waals surface area (Å²) in [6.45, 7) is 0. The number of carbonyl (C=O) groups is 1. The maximum absolute atomic E-state index is 12.8. The van der Waals surface area contributed by atoms with Crippen LogP contribution in [0.1, 0.15) is 18.1 Å². The van der Waals surface area contributed by atoms with Gasteiger partial charge in [-0.2, -0.15) is 4.39 Å². The van der Waals surface area contributed by atoms with Gasteiger partial charge in [-0.05, 0) is 6.07 Å². The third kappa shape index (κ3) is 3.62. The molecular formula is C10H11ClFNO4. The largest absolute Gasteiger partial charge is 0.469 e. The highest BCUT2D eigenvalue weighted by molar-refractivity contribution is 6.30. The fourth-order valence-electron chi connectivity index (χ4n) is 1.19. The summed E-state index contributed by atoms with van der Waals surface area (Å²) in [6.07, 6.45) is -2.11. The SMILES string of the molecule is COC(=O)CC(O)C(O)c1cnc(F)c(Cl)c1. The van der Waals surface area contributed by atoms with Gasteiger partial charge < -0.3 is 14.9 Å². The van der Waals surface area contributed by atoms with E-state index in [0.717, 1.165) is 19.4 Å². The minimum absolute atomic E-state index is 0.118. The van der Waals surface area contributed by atoms with E-state index in [2.05, 4.69) is 9.72 Å². The molecule has 0 amide bonds. The van der Waals surface area contributed by atoms with Gasteiger partial charge in [0.15, 0.2) is 0 Å². The number of esters is 1. The van der Waals surface area contributed by atoms with E-state index in [9.17, 15) is 19.4 Å². The number of hydrogen-bond acceptors (Lipinski definition) is 5. The molecule has 17 heavy (non-hydrogen) atoms. The number of ether oxygens (including phenoxy) is 1. The summed E-state index contributed by atoms with van der Waals surface area (Å²) in [4.78, 5) is 14.2. The molecule has 1 aromatic heterocycles. The number of rotatable bonds is 4. The van der Waals surface area contributed by atoms with Gasteiger partial charge in [-0.25, -0.2) is 4.98 Å². The molecule has 0 bridgehead atoms. The molecule has 1 rings (SSSR count). The third-order valence-electron chi connectivity index (χ3n) is 2.13. The first kappa shape index (κ1) is 13.8. The minimum Gasteiger partial charge on any atom is -0.469 e. The molecule has 0 saturated heterocycles. The van der Waals surface area contributed by atoms with Crippen molar-refractivity contribution >= 4 is 17.6 Å². The number of methoxy groups -OCH3 is 1. The van der Waals surface area contributed by atoms with Gasteiger partial charge in [0.2, 0.25) is 5.95 Å². The Balaban J connectivity index is 2.77. The first-order chi connectivity index (χ1) is 7.95. The molecule has 0 aromatic carbocycles. The van der Waals surface area contributed by atoms with Crippen LogP contribution in [0.5, 0.6) is 0 Å². The number of aliphatic hydroxyl groups is 2. The number of pyridine rings is 1. The molecule has 94 valence electrons. The molecule has 0 aliphatic rings. The minimum atomic E-state index is -1.39. The molecule has 2 N–H and O–H groups in total. The maximum atomic E-state index is 12.8. The van der Waals surface area contributed by atoms with Gasteiger partial charge >= 0.3 is 5.97 Å². The molecular weight excluding hydrogens is 253 g/mol. The van der Waals surface area contributed by atoms with Crippen LogP contribution < -0.4 is 0 Å². The average molecular weight is 264 g/mol. The van der Waals surface area contributed by atoms with Crippen LogP contribution in [-0.4, -0.2) is 34.4 Å². The number of hydrogen-bond donors (Lipinski definition) is 2. The van der Waals surface area contributed by atoms with Gasteiger partial charge in [-0.1, -0.05) is 11.6 Å². The van der Waals surface area contributed by atoms with Crippen LogP contribution in [-0.2, 0) is 9.53 Å². The second-order valence-electron chi connectivity index (χ2n) is 3.33. The summed E-state index contributed by atoms with van der Waals surface area (Å²) in [6, 6.07) is 1.13. The Hall–Kier alpha value is -1.24. The van der Waals surface area contributed by atoms with E-state index in [1.54, 1.807) is 0 Å². The third-order valence-corrected chi connectivity index (χ3v) is 2.39. The first-order valence-electron chi connectivity index (χ1n) is 4.69. The van der Waals surface area contributed by atoms with Crippen LogP contribution in [0.15, 0.2) is 12.3 Å². The second kappa shape index (κ2) is 5.90. The quantitative estimate of drug-likeness (QED) is 0.621. The molecule has 2 atom stereocenters. The zero-order chi connectivity index (χ0) is 13.0. The lowest BCUT2D eigenvalue weighted by atomic mass is 10.0. The van der Waals surface area contributed by atoms with Crippen molar-refractivity contribution in [3.05, 3.63) is 28.8 Å². The molecule has 0 aliphatic heterocycles. The molecule has 0 aliphatic carbocycles. The Kier molecular flexibility index (Phi) is 4.80. The van der Waals surface area contributed by atoms with Crippen LogP contribution >= 0.6 is 11.6 Å². The Morgan fingerprint density at radius 3 is 2.82 bits per heavy atom. The van der Waals surface area contributed by atoms with Crippen molar-refractivity contribution in [2.45, 2.75) is 18.6 Å². The van der Waals surface area contributed by atoms with Crippen LogP contribution in [0, 0.1) is 5.95 Å². The summed E-state index contributed by atoms with van der Waals surface area (Å²) < 4.78 is 17.1. The summed E-state index contributed by atoms with van der Waals surface area (Å²) in [7, 11) is 1.16. The highest BCUT2D eigenvalue weighted by Gasteiger charge is 2.22. The van der Waals surface area contributed by atoms with E-state index in [4.69, 9.17) is 11.6 Å². The molecule has 2 unspecified atom stereocenters. The fourth-order valence-corrected chi connectivity index (χ4v) is 1.36. The molecule has 0 radical (unpaired) electrons. The summed E-state index contributed by atoms with van der Waals surface area (Å²) in [5.74, 6) is -1.54. The number of aliphatic hydroxyl groups excluding tert-OH is 2. The van der Waals surface area contributed by atoms with E-state index in [0.29, 0.717) is 0 Å². The Bertz CT molecular complexity index is 415. The topological polar surface area (TPSA) is 79.7 Å². The molecule has 0 saturated carbocycles. The number of aromatic nitrogens is 1. The highest BCUT2D eigenvalue weighted by atomic mass is 35.5. The summed E-state index contributed by atoms with van der Waals surface area (Å²) >= 11 is 5.47. The van der Waals surface area contributed by atoms with E-state index >= 15 is 0 Å². The Morgan fingerprint density at radius 2 is 2.29 bits per heavy atom. The zero-order valence-corrected chi connectivity index (χ0v) is 9.69. The molecule has 0 fully saturated rings. The standard InChI is InChI=1S/C10H11ClFNO4/c1-17-8(15)3-7(14)9(16)5-2-6(11)10(12)13-4-5/h2,4,7,9,14,16H,3H2,1H3. The fraction of sp³-hybridized carbons (Fsp3) is 0.400. The summed E-state index contributed by atoms with van der Waals surface area (Å²) in [5, 5.41) is 18.9. The van der Waals surface area contributed by atoms with Gasteiger partial charge in [-0.3, -0.25) is 4.79 Å². The molecule has 7 heteroatoms. The Morgan fingerprint density at radius 1 is 1.65 bits per heavy atom. The number of nitrogens with zero attached hydrogens (tertiary/aromatic N) is 1. The zero-order valence-electron chi connectivity index (χ0n) is 8.93. The van der Waals surface area contributed by atoms with Crippen LogP contribution in [0.25, 0.3) is 0 Å². The van der Waals surface area contributed by atoms with E-state index in [-0.39, 0.29) is 17.0 Å². The van der Waals surface area contributed by atoms with Crippen molar-refractivity contribution in [2.75, 3.05) is 7.11 Å². The molecule has 1 aromatic rings. The monoisotopic (exact) mass is 263 g/mol. The van der Waals surface area contributed by atoms with Crippen LogP contribution in [0.4, 0.5) is 4.39 Å². The normalized spacial score (nSPS) is 14.2. The van der Waals surface area contributed by atoms with E-state index in [1.807, 2.05) is 0 Å². The van der Waals surface area contributed by atoms with Crippen molar-refractivity contribution in [3.63, 3.8) is 0 Å². The van der Waals surface area contributed by atoms with Crippen molar-refractivity contribution in [1.29, 1.82) is 0 Å². The lowest BCUT2D eigenvalue weighted by molar-refractivity contribution is -0.144. The predicted octanol–water partition coefficient (Wildman–Crippen LogP) is 0.832. The first-order valence-corrected chi connectivity index (χ1v) is 5.07. The highest BCUT2D eigenvalue weighted by Crippen LogP contribution is 2.22. The van der Waals surface area contributed by atoms with Gasteiger partial charge in [0, 0.05) is 11.8 Å². The molecule has 5 nitrogen and oxygen atoms in total. The van der Waals surface area contributed by atoms with Crippen LogP contribution in [0.3, 0.4) is 0 Å². The van der Waals surface area contributed by atoms with E-state index < -0.39 is 24.1 Å². The van der Waals surface area contributed by atoms with Gasteiger partial charge in [-0.15, -0.1) is 0 Å². The van der Waals surface area contributed by atoms with Crippen LogP contribution in [0.2, 0.25) is 5.02 Å². The lowest BCUT2D eigenvalue weighted by Gasteiger charge is -2.16.